The predicted molar refractivity (Wildman–Crippen MR) is 480 cm³/mol. The Balaban J connectivity index is 0.000000787. The highest BCUT2D eigenvalue weighted by molar-refractivity contribution is 5.94. The fourth-order valence-electron chi connectivity index (χ4n) is 8.65. The van der Waals surface area contributed by atoms with Gasteiger partial charge in [-0.3, -0.25) is 33.6 Å². The molecule has 0 aliphatic rings. The second-order valence-electron chi connectivity index (χ2n) is 33.6. The zero-order valence-electron chi connectivity index (χ0n) is 80.8. The van der Waals surface area contributed by atoms with Crippen LogP contribution in [-0.2, 0) is 85.6 Å². The normalized spacial score (nSPS) is 12.0. The van der Waals surface area contributed by atoms with E-state index in [1.54, 1.807) is 247 Å². The minimum atomic E-state index is -1.03. The minimum absolute atomic E-state index is 0.158. The molecule has 6 aromatic carbocycles. The van der Waals surface area contributed by atoms with Crippen molar-refractivity contribution in [3.8, 4) is 40.6 Å². The van der Waals surface area contributed by atoms with Crippen LogP contribution in [0.25, 0.3) is 0 Å². The molecule has 0 aromatic heterocycles. The number of hydrogen-bond acceptors (Lipinski definition) is 32. The first-order chi connectivity index (χ1) is 61.1. The van der Waals surface area contributed by atoms with Crippen LogP contribution in [0.2, 0.25) is 0 Å². The number of rotatable bonds is 31. The highest BCUT2D eigenvalue weighted by atomic mass is 16.8. The summed E-state index contributed by atoms with van der Waals surface area (Å²) in [4.78, 5) is 153. The first-order valence-corrected chi connectivity index (χ1v) is 42.7. The highest BCUT2D eigenvalue weighted by Gasteiger charge is 2.32. The predicted octanol–water partition coefficient (Wildman–Crippen LogP) is 21.1. The summed E-state index contributed by atoms with van der Waals surface area (Å²) in [5.41, 5.74) is 4.81. The van der Waals surface area contributed by atoms with Crippen molar-refractivity contribution in [1.82, 2.24) is 4.90 Å². The lowest BCUT2D eigenvalue weighted by atomic mass is 10.2. The van der Waals surface area contributed by atoms with E-state index in [0.717, 1.165) is 22.3 Å². The molecule has 6 rings (SSSR count). The molecule has 6 aromatic rings. The summed E-state index contributed by atoms with van der Waals surface area (Å²) >= 11 is 0. The number of hydrogen-bond donors (Lipinski definition) is 0. The highest BCUT2D eigenvalue weighted by Crippen LogP contribution is 2.25. The third-order valence-electron chi connectivity index (χ3n) is 16.6. The molecular formula is C98H132N2O31. The molecule has 131 heavy (non-hydrogen) atoms. The van der Waals surface area contributed by atoms with Gasteiger partial charge in [0, 0.05) is 55.2 Å². The van der Waals surface area contributed by atoms with Gasteiger partial charge in [0.05, 0.1) is 47.1 Å². The number of carbonyl (C=O) groups is 13. The molecule has 0 unspecified atom stereocenters. The molecule has 0 aliphatic heterocycles. The second-order valence-corrected chi connectivity index (χ2v) is 33.6. The van der Waals surface area contributed by atoms with Crippen LogP contribution in [0.15, 0.2) is 146 Å². The number of para-hydroxylation sites is 1. The van der Waals surface area contributed by atoms with E-state index >= 15 is 0 Å². The lowest BCUT2D eigenvalue weighted by molar-refractivity contribution is -0.182. The number of ether oxygens (including phenoxy) is 18. The number of nitriles is 1. The van der Waals surface area contributed by atoms with E-state index in [1.165, 1.54) is 41.3 Å². The van der Waals surface area contributed by atoms with Gasteiger partial charge in [-0.15, -0.1) is 0 Å². The lowest BCUT2D eigenvalue weighted by Crippen LogP contribution is -2.32. The Kier molecular flexibility index (Phi) is 52.8. The van der Waals surface area contributed by atoms with Gasteiger partial charge in [-0.1, -0.05) is 232 Å². The van der Waals surface area contributed by atoms with Gasteiger partial charge in [0.25, 0.3) is 43.6 Å². The Bertz CT molecular complexity index is 4510. The van der Waals surface area contributed by atoms with E-state index in [2.05, 4.69) is 0 Å². The van der Waals surface area contributed by atoms with Crippen molar-refractivity contribution in [2.45, 2.75) is 232 Å². The maximum absolute atomic E-state index is 11.9. The summed E-state index contributed by atoms with van der Waals surface area (Å²) < 4.78 is 91.5. The summed E-state index contributed by atoms with van der Waals surface area (Å²) in [6.07, 6.45) is -11.4. The molecule has 33 heteroatoms. The largest absolute Gasteiger partial charge is 0.516 e. The fraction of sp³-hybridized carbons (Fsp3) is 0.490. The van der Waals surface area contributed by atoms with Crippen LogP contribution in [0.3, 0.4) is 0 Å². The minimum Gasteiger partial charge on any atom is -0.425 e. The van der Waals surface area contributed by atoms with Crippen molar-refractivity contribution in [2.75, 3.05) is 14.1 Å². The SMILES string of the molecule is CC(C)C(=O)O[C@@H](OC(=O)Oc1ccc(C#N)cc1)C(C)C.CC(C)C(=O)O[C@@H](OC(=O)Oc1ccc(C(=O)N(C)C)cc1)C(C)C.Cc1ccc(OC(=O)O[C@H](OC(=O)C(C)C)C(C)C)cc1.Cc1ccc(OC(=O)O[C@H](OC(=O)C(C)C)C(C)C)cc1.Cc1cccc(OC(=O)O[C@H](OC(=O)C(C)C)C(C)C)c1.Cc1ccccc1OC(=O)O[C@H](OC(=O)C(C)C)C(C)C. The van der Waals surface area contributed by atoms with Gasteiger partial charge in [-0.25, -0.2) is 28.8 Å². The van der Waals surface area contributed by atoms with E-state index in [1.807, 2.05) is 76.2 Å². The molecule has 0 bridgehead atoms. The average molecular weight is 1830 g/mol. The maximum atomic E-state index is 11.9. The van der Waals surface area contributed by atoms with Crippen LogP contribution in [0.1, 0.15) is 204 Å². The Morgan fingerprint density at radius 2 is 0.496 bits per heavy atom. The van der Waals surface area contributed by atoms with Gasteiger partial charge >= 0.3 is 72.7 Å². The van der Waals surface area contributed by atoms with Crippen LogP contribution >= 0.6 is 0 Å². The molecule has 6 atom stereocenters. The number of esters is 6. The van der Waals surface area contributed by atoms with Gasteiger partial charge in [-0.2, -0.15) is 5.26 Å². The fourth-order valence-corrected chi connectivity index (χ4v) is 8.65. The molecule has 0 spiro atoms. The molecule has 33 nitrogen and oxygen atoms in total. The first kappa shape index (κ1) is 116. The molecule has 0 N–H and O–H groups in total. The molecule has 0 saturated heterocycles. The van der Waals surface area contributed by atoms with Gasteiger partial charge < -0.3 is 90.2 Å². The topological polar surface area (TPSA) is 415 Å². The molecule has 0 fully saturated rings. The van der Waals surface area contributed by atoms with E-state index < -0.39 is 110 Å². The number of amides is 1. The van der Waals surface area contributed by atoms with Gasteiger partial charge in [-0.05, 0) is 130 Å². The zero-order chi connectivity index (χ0) is 99.8. The van der Waals surface area contributed by atoms with Crippen LogP contribution in [0.4, 0.5) is 28.8 Å². The van der Waals surface area contributed by atoms with E-state index in [-0.39, 0.29) is 88.4 Å². The third kappa shape index (κ3) is 48.6. The Morgan fingerprint density at radius 3 is 0.725 bits per heavy atom. The zero-order valence-corrected chi connectivity index (χ0v) is 80.8. The first-order valence-electron chi connectivity index (χ1n) is 42.7. The standard InChI is InChI=1S/C18H25NO6.C16H19NO5.4C16H22O5/c1-11(2)16(21)24-17(12(3)4)25-18(22)23-14-9-7-13(8-10-14)15(20)19(5)6;1-10(2)14(18)21-15(11(3)4)22-16(19)20-13-7-5-12(9-17)6-8-13;2*1-10(2)14(17)20-15(11(3)4)21-16(18)19-13-8-6-12(5)7-9-13;1-10(2)14(17)20-15(11(3)4)21-16(18)19-13-8-6-7-12(5)9-13;1-10(2)14(17)20-15(11(3)4)21-16(18)19-13-9-7-6-8-12(13)5/h7-12,17H,1-6H3;5-8,10-11,15H,1-4H3;4*6-11,15H,1-5H3/t17-;5*15-/m000000/s1. The smallest absolute Gasteiger partial charge is 0.425 e. The maximum Gasteiger partial charge on any atom is 0.516 e. The Labute approximate surface area is 769 Å². The molecule has 0 aliphatic carbocycles. The van der Waals surface area contributed by atoms with Gasteiger partial charge in [0.1, 0.15) is 34.5 Å². The number of benzene rings is 6. The molecular weight excluding hydrogens is 1700 g/mol. The molecule has 0 heterocycles. The van der Waals surface area contributed by atoms with Crippen molar-refractivity contribution in [1.29, 1.82) is 5.26 Å². The van der Waals surface area contributed by atoms with Crippen molar-refractivity contribution in [3.63, 3.8) is 0 Å². The van der Waals surface area contributed by atoms with E-state index in [0.29, 0.717) is 34.1 Å². The van der Waals surface area contributed by atoms with Crippen molar-refractivity contribution >= 4 is 78.7 Å². The quantitative estimate of drug-likeness (QED) is 0.0169. The summed E-state index contributed by atoms with van der Waals surface area (Å²) in [7, 11) is 3.29. The second kappa shape index (κ2) is 59.8. The number of nitrogens with zero attached hydrogens (tertiary/aromatic N) is 2. The molecule has 0 saturated carbocycles. The third-order valence-corrected chi connectivity index (χ3v) is 16.6. The number of aryl methyl sites for hydroxylation is 4. The monoisotopic (exact) mass is 1830 g/mol. The lowest BCUT2D eigenvalue weighted by Gasteiger charge is -2.22. The van der Waals surface area contributed by atoms with Crippen LogP contribution in [0, 0.1) is 110 Å². The summed E-state index contributed by atoms with van der Waals surface area (Å²) in [6.45, 7) is 49.4. The van der Waals surface area contributed by atoms with Crippen molar-refractivity contribution in [3.05, 3.63) is 179 Å². The average Bonchev–Trinajstić information content (AvgIpc) is 0.860. The van der Waals surface area contributed by atoms with E-state index in [4.69, 9.17) is 90.5 Å². The Hall–Kier alpha value is -13.3. The van der Waals surface area contributed by atoms with Crippen molar-refractivity contribution < 1.29 is 148 Å². The molecule has 0 radical (unpaired) electrons. The van der Waals surface area contributed by atoms with E-state index in [9.17, 15) is 62.3 Å². The van der Waals surface area contributed by atoms with Crippen molar-refractivity contribution in [2.24, 2.45) is 71.0 Å². The summed E-state index contributed by atoms with van der Waals surface area (Å²) in [5.74, 6) is -3.65. The van der Waals surface area contributed by atoms with Gasteiger partial charge in [0.15, 0.2) is 0 Å². The molecule has 720 valence electrons. The molecule has 1 amide bonds. The van der Waals surface area contributed by atoms with Crippen LogP contribution in [-0.4, -0.2) is 135 Å². The van der Waals surface area contributed by atoms with Crippen LogP contribution < -0.4 is 28.4 Å². The Morgan fingerprint density at radius 1 is 0.260 bits per heavy atom. The number of carbonyl (C=O) groups excluding carboxylic acids is 13. The summed E-state index contributed by atoms with van der Waals surface area (Å²) in [5, 5.41) is 8.69. The van der Waals surface area contributed by atoms with Gasteiger partial charge in [0.2, 0.25) is 0 Å². The summed E-state index contributed by atoms with van der Waals surface area (Å²) in [6, 6.07) is 42.1. The van der Waals surface area contributed by atoms with Crippen LogP contribution in [0.5, 0.6) is 34.5 Å².